The average Bonchev–Trinajstić information content (AvgIpc) is 3.74. The largest absolute Gasteiger partial charge is 0.308 e. The summed E-state index contributed by atoms with van der Waals surface area (Å²) in [6.07, 6.45) is 0. The highest BCUT2D eigenvalue weighted by Crippen LogP contribution is 2.55. The van der Waals surface area contributed by atoms with E-state index in [1.165, 1.54) is 65.6 Å². The molecular weight excluding hydrogens is 703 g/mol. The minimum Gasteiger partial charge on any atom is -0.308 e. The summed E-state index contributed by atoms with van der Waals surface area (Å²) in [6.45, 7) is 4.76. The van der Waals surface area contributed by atoms with Crippen LogP contribution in [0.2, 0.25) is 0 Å². The normalized spacial score (nSPS) is 13.1. The summed E-state index contributed by atoms with van der Waals surface area (Å²) in [6, 6.07) is 68.1. The van der Waals surface area contributed by atoms with Crippen molar-refractivity contribution in [1.29, 1.82) is 0 Å². The number of rotatable bonds is 5. The third-order valence-electron chi connectivity index (χ3n) is 12.5. The van der Waals surface area contributed by atoms with Crippen LogP contribution in [0.1, 0.15) is 25.0 Å². The fourth-order valence-electron chi connectivity index (χ4n) is 9.75. The number of benzene rings is 9. The van der Waals surface area contributed by atoms with E-state index in [0.29, 0.717) is 5.82 Å². The molecule has 272 valence electrons. The number of fused-ring (bicyclic) bond motifs is 6. The molecule has 1 aliphatic carbocycles. The first-order chi connectivity index (χ1) is 28.5. The Balaban J connectivity index is 1.23. The smallest absolute Gasteiger partial charge is 0.160 e. The van der Waals surface area contributed by atoms with Crippen LogP contribution in [0.3, 0.4) is 0 Å². The summed E-state index contributed by atoms with van der Waals surface area (Å²) in [7, 11) is 0. The molecule has 9 aromatic carbocycles. The van der Waals surface area contributed by atoms with Gasteiger partial charge in [-0.1, -0.05) is 166 Å². The molecule has 11 aromatic rings. The van der Waals surface area contributed by atoms with Gasteiger partial charge >= 0.3 is 0 Å². The van der Waals surface area contributed by atoms with E-state index in [1.807, 2.05) is 12.1 Å². The highest BCUT2D eigenvalue weighted by molar-refractivity contribution is 6.32. The molecule has 1 aliphatic rings. The first kappa shape index (κ1) is 32.8. The lowest BCUT2D eigenvalue weighted by molar-refractivity contribution is 0.661. The van der Waals surface area contributed by atoms with Gasteiger partial charge in [-0.15, -0.1) is 0 Å². The molecule has 0 N–H and O–H groups in total. The van der Waals surface area contributed by atoms with Gasteiger partial charge in [0, 0.05) is 44.1 Å². The maximum Gasteiger partial charge on any atom is 0.160 e. The zero-order valence-electron chi connectivity index (χ0n) is 32.2. The van der Waals surface area contributed by atoms with Gasteiger partial charge in [-0.05, 0) is 85.8 Å². The van der Waals surface area contributed by atoms with E-state index >= 15 is 0 Å². The van der Waals surface area contributed by atoms with Gasteiger partial charge in [-0.25, -0.2) is 9.97 Å². The Morgan fingerprint density at radius 2 is 1.05 bits per heavy atom. The van der Waals surface area contributed by atoms with E-state index in [4.69, 9.17) is 9.97 Å². The molecule has 3 heteroatoms. The maximum atomic E-state index is 5.34. The molecule has 0 amide bonds. The van der Waals surface area contributed by atoms with Crippen molar-refractivity contribution < 1.29 is 0 Å². The van der Waals surface area contributed by atoms with Crippen molar-refractivity contribution in [2.45, 2.75) is 19.3 Å². The van der Waals surface area contributed by atoms with Crippen molar-refractivity contribution in [1.82, 2.24) is 14.5 Å². The molecular formula is C55H37N3. The van der Waals surface area contributed by atoms with E-state index in [1.54, 1.807) is 0 Å². The lowest BCUT2D eigenvalue weighted by Crippen LogP contribution is -2.14. The van der Waals surface area contributed by atoms with E-state index in [2.05, 4.69) is 194 Å². The van der Waals surface area contributed by atoms with E-state index in [9.17, 15) is 0 Å². The number of hydrogen-bond acceptors (Lipinski definition) is 2. The van der Waals surface area contributed by atoms with Gasteiger partial charge in [-0.3, -0.25) is 0 Å². The number of nitrogens with zero attached hydrogens (tertiary/aromatic N) is 3. The third-order valence-corrected chi connectivity index (χ3v) is 12.5. The van der Waals surface area contributed by atoms with Gasteiger partial charge in [0.25, 0.3) is 0 Å². The SMILES string of the molecule is CC1(C)c2ccccc2-c2c1cc1ccc3c4ccccc4cc4c3c1c2n4-c1cc(-c2ccccc2)cc(-c2nc(-c3ccccc3)cc(-c3ccccc3)n2)c1. The maximum absolute atomic E-state index is 5.34. The fourth-order valence-corrected chi connectivity index (χ4v) is 9.75. The molecule has 0 aliphatic heterocycles. The molecule has 3 nitrogen and oxygen atoms in total. The van der Waals surface area contributed by atoms with Gasteiger partial charge < -0.3 is 4.57 Å². The lowest BCUT2D eigenvalue weighted by atomic mass is 9.81. The Morgan fingerprint density at radius 3 is 1.78 bits per heavy atom. The number of aromatic nitrogens is 3. The summed E-state index contributed by atoms with van der Waals surface area (Å²) in [5, 5.41) is 7.66. The summed E-state index contributed by atoms with van der Waals surface area (Å²) in [5.41, 5.74) is 15.8. The lowest BCUT2D eigenvalue weighted by Gasteiger charge is -2.22. The van der Waals surface area contributed by atoms with Crippen LogP contribution in [-0.2, 0) is 5.41 Å². The quantitative estimate of drug-likeness (QED) is 0.165. The molecule has 0 bridgehead atoms. The average molecular weight is 740 g/mol. The number of hydrogen-bond donors (Lipinski definition) is 0. The molecule has 0 unspecified atom stereocenters. The van der Waals surface area contributed by atoms with Crippen LogP contribution in [0.5, 0.6) is 0 Å². The Kier molecular flexibility index (Phi) is 6.98. The predicted molar refractivity (Wildman–Crippen MR) is 242 cm³/mol. The predicted octanol–water partition coefficient (Wildman–Crippen LogP) is 14.3. The first-order valence-corrected chi connectivity index (χ1v) is 20.1. The van der Waals surface area contributed by atoms with Crippen molar-refractivity contribution >= 4 is 43.4 Å². The molecule has 0 radical (unpaired) electrons. The van der Waals surface area contributed by atoms with Gasteiger partial charge in [0.1, 0.15) is 0 Å². The molecule has 2 heterocycles. The molecule has 58 heavy (non-hydrogen) atoms. The molecule has 0 saturated carbocycles. The van der Waals surface area contributed by atoms with Crippen LogP contribution >= 0.6 is 0 Å². The van der Waals surface area contributed by atoms with Gasteiger partial charge in [0.2, 0.25) is 0 Å². The standard InChI is InChI=1S/C55H37N3/c1-55(2)45-25-15-14-24-44(45)51-46(55)31-38-26-27-43-42-23-13-12-22-37(42)32-49-52(43)50(38)53(51)58(49)41-29-39(34-16-6-3-7-17-34)28-40(30-41)54-56-47(35-18-8-4-9-19-35)33-48(57-54)36-20-10-5-11-21-36/h3-33H,1-2H3. The zero-order chi connectivity index (χ0) is 38.5. The van der Waals surface area contributed by atoms with Gasteiger partial charge in [0.15, 0.2) is 5.82 Å². The highest BCUT2D eigenvalue weighted by atomic mass is 15.0. The Hall–Kier alpha value is -7.36. The van der Waals surface area contributed by atoms with Crippen LogP contribution in [0.25, 0.3) is 105 Å². The molecule has 2 aromatic heterocycles. The van der Waals surface area contributed by atoms with E-state index in [-0.39, 0.29) is 5.41 Å². The third kappa shape index (κ3) is 4.80. The summed E-state index contributed by atoms with van der Waals surface area (Å²) in [5.74, 6) is 0.689. The monoisotopic (exact) mass is 739 g/mol. The topological polar surface area (TPSA) is 30.7 Å². The van der Waals surface area contributed by atoms with Crippen molar-refractivity contribution in [3.8, 4) is 61.8 Å². The second-order valence-corrected chi connectivity index (χ2v) is 16.2. The summed E-state index contributed by atoms with van der Waals surface area (Å²) >= 11 is 0. The van der Waals surface area contributed by atoms with Gasteiger partial charge in [0.05, 0.1) is 22.4 Å². The van der Waals surface area contributed by atoms with Crippen LogP contribution < -0.4 is 0 Å². The summed E-state index contributed by atoms with van der Waals surface area (Å²) in [4.78, 5) is 10.7. The summed E-state index contributed by atoms with van der Waals surface area (Å²) < 4.78 is 2.56. The van der Waals surface area contributed by atoms with Crippen LogP contribution in [0.4, 0.5) is 0 Å². The molecule has 0 fully saturated rings. The van der Waals surface area contributed by atoms with E-state index in [0.717, 1.165) is 44.9 Å². The first-order valence-electron chi connectivity index (χ1n) is 20.1. The van der Waals surface area contributed by atoms with Gasteiger partial charge in [-0.2, -0.15) is 0 Å². The van der Waals surface area contributed by atoms with Crippen LogP contribution in [0.15, 0.2) is 188 Å². The Morgan fingerprint density at radius 1 is 0.431 bits per heavy atom. The second kappa shape index (κ2) is 12.3. The molecule has 0 spiro atoms. The van der Waals surface area contributed by atoms with Crippen molar-refractivity contribution in [3.05, 3.63) is 199 Å². The minimum absolute atomic E-state index is 0.159. The van der Waals surface area contributed by atoms with Crippen molar-refractivity contribution in [2.24, 2.45) is 0 Å². The molecule has 12 rings (SSSR count). The molecule has 0 saturated heterocycles. The zero-order valence-corrected chi connectivity index (χ0v) is 32.2. The van der Waals surface area contributed by atoms with E-state index < -0.39 is 0 Å². The minimum atomic E-state index is -0.159. The Bertz CT molecular complexity index is 3340. The van der Waals surface area contributed by atoms with Crippen molar-refractivity contribution in [3.63, 3.8) is 0 Å². The second-order valence-electron chi connectivity index (χ2n) is 16.2. The van der Waals surface area contributed by atoms with Crippen LogP contribution in [-0.4, -0.2) is 14.5 Å². The van der Waals surface area contributed by atoms with Crippen LogP contribution in [0, 0.1) is 0 Å². The molecule has 0 atom stereocenters. The van der Waals surface area contributed by atoms with Crippen molar-refractivity contribution in [2.75, 3.05) is 0 Å². The highest BCUT2D eigenvalue weighted by Gasteiger charge is 2.38. The fraction of sp³-hybridized carbons (Fsp3) is 0.0545. The Labute approximate surface area is 336 Å².